The number of hydrogen-bond acceptors (Lipinski definition) is 2. The zero-order valence-corrected chi connectivity index (χ0v) is 12.3. The summed E-state index contributed by atoms with van der Waals surface area (Å²) < 4.78 is 43.6. The fourth-order valence-corrected chi connectivity index (χ4v) is 1.97. The van der Waals surface area contributed by atoms with E-state index in [9.17, 15) is 18.0 Å². The van der Waals surface area contributed by atoms with E-state index in [-0.39, 0.29) is 12.2 Å². The first-order chi connectivity index (χ1) is 10.9. The monoisotopic (exact) mass is 324 g/mol. The van der Waals surface area contributed by atoms with E-state index in [0.717, 1.165) is 11.6 Å². The van der Waals surface area contributed by atoms with Gasteiger partial charge in [0.25, 0.3) is 0 Å². The largest absolute Gasteiger partial charge is 0.497 e. The van der Waals surface area contributed by atoms with E-state index in [4.69, 9.17) is 4.74 Å². The topological polar surface area (TPSA) is 50.4 Å². The third kappa shape index (κ3) is 4.64. The first-order valence-corrected chi connectivity index (χ1v) is 6.74. The molecule has 2 aromatic carbocycles. The number of urea groups is 1. The molecule has 7 heteroatoms. The van der Waals surface area contributed by atoms with Gasteiger partial charge in [0, 0.05) is 6.54 Å². The minimum absolute atomic E-state index is 0.164. The van der Waals surface area contributed by atoms with Crippen molar-refractivity contribution in [3.05, 3.63) is 59.7 Å². The molecule has 0 heterocycles. The molecule has 0 radical (unpaired) electrons. The molecule has 0 atom stereocenters. The minimum atomic E-state index is -4.53. The van der Waals surface area contributed by atoms with Crippen LogP contribution < -0.4 is 15.4 Å². The maximum Gasteiger partial charge on any atom is 0.418 e. The van der Waals surface area contributed by atoms with E-state index in [1.807, 2.05) is 0 Å². The number of rotatable bonds is 4. The van der Waals surface area contributed by atoms with Gasteiger partial charge in [0.1, 0.15) is 5.75 Å². The van der Waals surface area contributed by atoms with Gasteiger partial charge in [-0.1, -0.05) is 24.3 Å². The number of carbonyl (C=O) groups is 1. The molecule has 2 rings (SSSR count). The molecule has 0 aliphatic heterocycles. The predicted molar refractivity (Wildman–Crippen MR) is 80.3 cm³/mol. The predicted octanol–water partition coefficient (Wildman–Crippen LogP) is 4.04. The minimum Gasteiger partial charge on any atom is -0.497 e. The lowest BCUT2D eigenvalue weighted by atomic mass is 10.1. The first kappa shape index (κ1) is 16.7. The highest BCUT2D eigenvalue weighted by Gasteiger charge is 2.33. The quantitative estimate of drug-likeness (QED) is 0.892. The molecule has 0 aromatic heterocycles. The molecule has 0 bridgehead atoms. The molecule has 0 aliphatic carbocycles. The lowest BCUT2D eigenvalue weighted by Crippen LogP contribution is -2.29. The van der Waals surface area contributed by atoms with E-state index in [1.165, 1.54) is 25.3 Å². The van der Waals surface area contributed by atoms with Gasteiger partial charge in [0.2, 0.25) is 0 Å². The van der Waals surface area contributed by atoms with Crippen LogP contribution in [0.2, 0.25) is 0 Å². The van der Waals surface area contributed by atoms with Gasteiger partial charge in [-0.2, -0.15) is 13.2 Å². The van der Waals surface area contributed by atoms with E-state index in [1.54, 1.807) is 24.3 Å². The Kier molecular flexibility index (Phi) is 5.10. The molecule has 0 saturated carbocycles. The van der Waals surface area contributed by atoms with Gasteiger partial charge in [-0.25, -0.2) is 4.79 Å². The molecule has 2 amide bonds. The molecule has 2 N–H and O–H groups in total. The van der Waals surface area contributed by atoms with Gasteiger partial charge in [0.05, 0.1) is 18.4 Å². The zero-order chi connectivity index (χ0) is 16.9. The highest BCUT2D eigenvalue weighted by atomic mass is 19.4. The van der Waals surface area contributed by atoms with Crippen molar-refractivity contribution in [1.82, 2.24) is 5.32 Å². The second-order valence-corrected chi connectivity index (χ2v) is 4.70. The number of benzene rings is 2. The number of para-hydroxylation sites is 1. The van der Waals surface area contributed by atoms with Crippen LogP contribution in [0.1, 0.15) is 11.1 Å². The number of halogens is 3. The van der Waals surface area contributed by atoms with Crippen molar-refractivity contribution in [2.75, 3.05) is 12.4 Å². The van der Waals surface area contributed by atoms with Crippen LogP contribution in [-0.4, -0.2) is 13.1 Å². The summed E-state index contributed by atoms with van der Waals surface area (Å²) in [5.41, 5.74) is -0.414. The Bertz CT molecular complexity index is 687. The van der Waals surface area contributed by atoms with Crippen molar-refractivity contribution < 1.29 is 22.7 Å². The molecule has 2 aromatic rings. The third-order valence-electron chi connectivity index (χ3n) is 3.07. The summed E-state index contributed by atoms with van der Waals surface area (Å²) >= 11 is 0. The summed E-state index contributed by atoms with van der Waals surface area (Å²) in [6, 6.07) is 11.1. The van der Waals surface area contributed by atoms with Crippen molar-refractivity contribution in [3.8, 4) is 5.75 Å². The number of nitrogens with one attached hydrogen (secondary N) is 2. The Morgan fingerprint density at radius 1 is 1.13 bits per heavy atom. The van der Waals surface area contributed by atoms with Crippen molar-refractivity contribution in [2.24, 2.45) is 0 Å². The van der Waals surface area contributed by atoms with Crippen molar-refractivity contribution in [2.45, 2.75) is 12.7 Å². The van der Waals surface area contributed by atoms with Crippen LogP contribution >= 0.6 is 0 Å². The molecule has 4 nitrogen and oxygen atoms in total. The van der Waals surface area contributed by atoms with Gasteiger partial charge < -0.3 is 15.4 Å². The highest BCUT2D eigenvalue weighted by molar-refractivity contribution is 5.90. The van der Waals surface area contributed by atoms with Crippen molar-refractivity contribution >= 4 is 11.7 Å². The summed E-state index contributed by atoms with van der Waals surface area (Å²) in [7, 11) is 1.52. The molecule has 0 saturated heterocycles. The number of hydrogen-bond donors (Lipinski definition) is 2. The number of methoxy groups -OCH3 is 1. The Labute approximate surface area is 131 Å². The van der Waals surface area contributed by atoms with Crippen LogP contribution in [0.25, 0.3) is 0 Å². The number of amides is 2. The second-order valence-electron chi connectivity index (χ2n) is 4.70. The Morgan fingerprint density at radius 2 is 1.87 bits per heavy atom. The van der Waals surface area contributed by atoms with Crippen LogP contribution in [0, 0.1) is 0 Å². The molecule has 0 aliphatic rings. The van der Waals surface area contributed by atoms with Crippen molar-refractivity contribution in [3.63, 3.8) is 0 Å². The number of ether oxygens (including phenoxy) is 1. The highest BCUT2D eigenvalue weighted by Crippen LogP contribution is 2.34. The molecule has 0 fully saturated rings. The lowest BCUT2D eigenvalue weighted by Gasteiger charge is -2.14. The molecule has 122 valence electrons. The average Bonchev–Trinajstić information content (AvgIpc) is 2.52. The van der Waals surface area contributed by atoms with E-state index >= 15 is 0 Å². The normalized spacial score (nSPS) is 11.0. The zero-order valence-electron chi connectivity index (χ0n) is 12.3. The van der Waals surface area contributed by atoms with E-state index < -0.39 is 17.8 Å². The first-order valence-electron chi connectivity index (χ1n) is 6.74. The third-order valence-corrected chi connectivity index (χ3v) is 3.07. The van der Waals surface area contributed by atoms with Gasteiger partial charge in [0.15, 0.2) is 0 Å². The SMILES string of the molecule is COc1cccc(CNC(=O)Nc2ccccc2C(F)(F)F)c1. The van der Waals surface area contributed by atoms with Crippen LogP contribution in [0.5, 0.6) is 5.75 Å². The second kappa shape index (κ2) is 7.04. The Hall–Kier alpha value is -2.70. The summed E-state index contributed by atoms with van der Waals surface area (Å²) in [5, 5.41) is 4.72. The number of anilines is 1. The number of alkyl halides is 3. The van der Waals surface area contributed by atoms with Crippen LogP contribution in [0.4, 0.5) is 23.7 Å². The van der Waals surface area contributed by atoms with Crippen LogP contribution in [-0.2, 0) is 12.7 Å². The summed E-state index contributed by atoms with van der Waals surface area (Å²) in [6.07, 6.45) is -4.53. The van der Waals surface area contributed by atoms with E-state index in [0.29, 0.717) is 5.75 Å². The lowest BCUT2D eigenvalue weighted by molar-refractivity contribution is -0.136. The number of carbonyl (C=O) groups excluding carboxylic acids is 1. The van der Waals surface area contributed by atoms with Gasteiger partial charge in [-0.15, -0.1) is 0 Å². The van der Waals surface area contributed by atoms with Gasteiger partial charge in [-0.3, -0.25) is 0 Å². The fraction of sp³-hybridized carbons (Fsp3) is 0.188. The molecule has 0 spiro atoms. The molecular formula is C16H15F3N2O2. The standard InChI is InChI=1S/C16H15F3N2O2/c1-23-12-6-4-5-11(9-12)10-20-15(22)21-14-8-3-2-7-13(14)16(17,18)19/h2-9H,10H2,1H3,(H2,20,21,22). The average molecular weight is 324 g/mol. The Morgan fingerprint density at radius 3 is 2.57 bits per heavy atom. The van der Waals surface area contributed by atoms with Crippen molar-refractivity contribution in [1.29, 1.82) is 0 Å². The van der Waals surface area contributed by atoms with E-state index in [2.05, 4.69) is 10.6 Å². The summed E-state index contributed by atoms with van der Waals surface area (Å²) in [4.78, 5) is 11.8. The summed E-state index contributed by atoms with van der Waals surface area (Å²) in [6.45, 7) is 0.164. The van der Waals surface area contributed by atoms with Crippen LogP contribution in [0.3, 0.4) is 0 Å². The Balaban J connectivity index is 2.00. The molecule has 23 heavy (non-hydrogen) atoms. The smallest absolute Gasteiger partial charge is 0.418 e. The van der Waals surface area contributed by atoms with Gasteiger partial charge >= 0.3 is 12.2 Å². The summed E-state index contributed by atoms with van der Waals surface area (Å²) in [5.74, 6) is 0.632. The fourth-order valence-electron chi connectivity index (χ4n) is 1.97. The maximum atomic E-state index is 12.8. The molecular weight excluding hydrogens is 309 g/mol. The maximum absolute atomic E-state index is 12.8. The van der Waals surface area contributed by atoms with Crippen LogP contribution in [0.15, 0.2) is 48.5 Å². The molecule has 0 unspecified atom stereocenters. The van der Waals surface area contributed by atoms with Gasteiger partial charge in [-0.05, 0) is 29.8 Å².